The lowest BCUT2D eigenvalue weighted by molar-refractivity contribution is 0.816. The van der Waals surface area contributed by atoms with Crippen LogP contribution in [0.3, 0.4) is 0 Å². The van der Waals surface area contributed by atoms with E-state index < -0.39 is 0 Å². The summed E-state index contributed by atoms with van der Waals surface area (Å²) in [4.78, 5) is 4.22. The fourth-order valence-electron chi connectivity index (χ4n) is 1.96. The van der Waals surface area contributed by atoms with Crippen LogP contribution >= 0.6 is 11.8 Å². The molecule has 0 amide bonds. The van der Waals surface area contributed by atoms with Gasteiger partial charge in [0, 0.05) is 0 Å². The Morgan fingerprint density at radius 3 is 2.55 bits per heavy atom. The number of nitrogens with zero attached hydrogens (tertiary/aromatic N) is 4. The molecular formula is C12H17N7S. The second-order valence-corrected chi connectivity index (χ2v) is 5.19. The van der Waals surface area contributed by atoms with Crippen molar-refractivity contribution in [3.05, 3.63) is 22.6 Å². The van der Waals surface area contributed by atoms with Crippen LogP contribution in [0.4, 0.5) is 0 Å². The first-order valence-electron chi connectivity index (χ1n) is 6.36. The molecule has 0 fully saturated rings. The highest BCUT2D eigenvalue weighted by Gasteiger charge is 2.18. The summed E-state index contributed by atoms with van der Waals surface area (Å²) < 4.78 is 0. The summed E-state index contributed by atoms with van der Waals surface area (Å²) in [5, 5.41) is 24.2. The Hall–Kier alpha value is -1.96. The van der Waals surface area contributed by atoms with E-state index >= 15 is 0 Å². The van der Waals surface area contributed by atoms with E-state index in [2.05, 4.69) is 25.4 Å². The first kappa shape index (κ1) is 14.4. The summed E-state index contributed by atoms with van der Waals surface area (Å²) in [6.45, 7) is 5.86. The summed E-state index contributed by atoms with van der Waals surface area (Å²) in [5.41, 5.74) is 8.23. The molecule has 4 N–H and O–H groups in total. The lowest BCUT2D eigenvalue weighted by Gasteiger charge is -2.12. The molecule has 0 saturated carbocycles. The third-order valence-electron chi connectivity index (χ3n) is 2.85. The monoisotopic (exact) mass is 291 g/mol. The van der Waals surface area contributed by atoms with Crippen LogP contribution in [-0.2, 0) is 12.8 Å². The number of nitrogen functional groups attached to an aromatic ring is 1. The molecule has 2 aromatic rings. The Bertz CT molecular complexity index is 635. The van der Waals surface area contributed by atoms with E-state index in [1.807, 2.05) is 20.8 Å². The molecule has 106 valence electrons. The van der Waals surface area contributed by atoms with Crippen molar-refractivity contribution in [3.63, 3.8) is 0 Å². The first-order chi connectivity index (χ1) is 9.56. The molecule has 0 atom stereocenters. The zero-order valence-corrected chi connectivity index (χ0v) is 12.5. The van der Waals surface area contributed by atoms with Crippen molar-refractivity contribution in [1.29, 1.82) is 5.41 Å². The molecule has 0 radical (unpaired) electrons. The van der Waals surface area contributed by atoms with Crippen LogP contribution < -0.4 is 5.73 Å². The highest BCUT2D eigenvalue weighted by molar-refractivity contribution is 7.99. The number of H-pyrrole nitrogens is 1. The van der Waals surface area contributed by atoms with E-state index in [1.54, 1.807) is 0 Å². The van der Waals surface area contributed by atoms with E-state index in [4.69, 9.17) is 11.1 Å². The molecule has 0 unspecified atom stereocenters. The van der Waals surface area contributed by atoms with E-state index in [-0.39, 0.29) is 5.84 Å². The molecule has 7 nitrogen and oxygen atoms in total. The number of aromatic amines is 1. The van der Waals surface area contributed by atoms with Crippen molar-refractivity contribution in [2.75, 3.05) is 0 Å². The lowest BCUT2D eigenvalue weighted by Crippen LogP contribution is -2.18. The number of nitrogens with one attached hydrogen (secondary N) is 2. The molecule has 0 aliphatic carbocycles. The predicted octanol–water partition coefficient (Wildman–Crippen LogP) is 1.46. The van der Waals surface area contributed by atoms with Gasteiger partial charge in [-0.05, 0) is 37.1 Å². The van der Waals surface area contributed by atoms with Gasteiger partial charge in [-0.1, -0.05) is 13.8 Å². The van der Waals surface area contributed by atoms with Crippen molar-refractivity contribution < 1.29 is 0 Å². The average molecular weight is 291 g/mol. The minimum absolute atomic E-state index is 0.00112. The van der Waals surface area contributed by atoms with Crippen molar-refractivity contribution in [3.8, 4) is 0 Å². The fourth-order valence-corrected chi connectivity index (χ4v) is 2.82. The first-order valence-corrected chi connectivity index (χ1v) is 7.18. The van der Waals surface area contributed by atoms with Crippen LogP contribution in [0.5, 0.6) is 0 Å². The molecule has 2 rings (SSSR count). The second-order valence-electron chi connectivity index (χ2n) is 4.23. The smallest absolute Gasteiger partial charge is 0.214 e. The van der Waals surface area contributed by atoms with Gasteiger partial charge >= 0.3 is 0 Å². The van der Waals surface area contributed by atoms with Crippen LogP contribution in [0.1, 0.15) is 36.5 Å². The third-order valence-corrected chi connectivity index (χ3v) is 3.69. The molecule has 8 heteroatoms. The maximum Gasteiger partial charge on any atom is 0.214 e. The van der Waals surface area contributed by atoms with Crippen LogP contribution in [0, 0.1) is 12.3 Å². The van der Waals surface area contributed by atoms with Gasteiger partial charge in [-0.15, -0.1) is 10.2 Å². The average Bonchev–Trinajstić information content (AvgIpc) is 2.83. The zero-order chi connectivity index (χ0) is 14.7. The SMILES string of the molecule is CCc1nnc(Sc2n[nH]c(C)n2)c(C(=N)N)c1CC. The van der Waals surface area contributed by atoms with Crippen molar-refractivity contribution in [2.45, 2.75) is 43.8 Å². The van der Waals surface area contributed by atoms with Crippen molar-refractivity contribution in [1.82, 2.24) is 25.4 Å². The van der Waals surface area contributed by atoms with Gasteiger partial charge in [0.15, 0.2) is 0 Å². The van der Waals surface area contributed by atoms with Gasteiger partial charge in [-0.2, -0.15) is 5.10 Å². The van der Waals surface area contributed by atoms with Gasteiger partial charge in [0.1, 0.15) is 16.7 Å². The minimum atomic E-state index is 0.00112. The lowest BCUT2D eigenvalue weighted by atomic mass is 10.0. The number of aromatic nitrogens is 5. The Balaban J connectivity index is 2.49. The highest BCUT2D eigenvalue weighted by Crippen LogP contribution is 2.28. The summed E-state index contributed by atoms with van der Waals surface area (Å²) in [6, 6.07) is 0. The normalized spacial score (nSPS) is 10.8. The molecule has 0 aromatic carbocycles. The zero-order valence-electron chi connectivity index (χ0n) is 11.7. The molecule has 0 saturated heterocycles. The largest absolute Gasteiger partial charge is 0.384 e. The quantitative estimate of drug-likeness (QED) is 0.567. The van der Waals surface area contributed by atoms with Crippen molar-refractivity contribution >= 4 is 17.6 Å². The van der Waals surface area contributed by atoms with Crippen LogP contribution in [0.2, 0.25) is 0 Å². The van der Waals surface area contributed by atoms with Gasteiger partial charge in [0.25, 0.3) is 0 Å². The Labute approximate surface area is 121 Å². The van der Waals surface area contributed by atoms with Crippen molar-refractivity contribution in [2.24, 2.45) is 5.73 Å². The number of rotatable bonds is 5. The number of amidine groups is 1. The maximum absolute atomic E-state index is 7.81. The number of hydrogen-bond donors (Lipinski definition) is 3. The molecular weight excluding hydrogens is 274 g/mol. The topological polar surface area (TPSA) is 117 Å². The highest BCUT2D eigenvalue weighted by atomic mass is 32.2. The number of aryl methyl sites for hydroxylation is 2. The van der Waals surface area contributed by atoms with Crippen LogP contribution in [0.15, 0.2) is 10.2 Å². The van der Waals surface area contributed by atoms with E-state index in [9.17, 15) is 0 Å². The molecule has 0 bridgehead atoms. The summed E-state index contributed by atoms with van der Waals surface area (Å²) in [6.07, 6.45) is 1.52. The molecule has 0 aliphatic rings. The van der Waals surface area contributed by atoms with Gasteiger partial charge in [-0.25, -0.2) is 4.98 Å². The maximum atomic E-state index is 7.81. The number of hydrogen-bond acceptors (Lipinski definition) is 6. The summed E-state index contributed by atoms with van der Waals surface area (Å²) in [7, 11) is 0. The van der Waals surface area contributed by atoms with E-state index in [1.165, 1.54) is 11.8 Å². The molecule has 2 aromatic heterocycles. The Morgan fingerprint density at radius 1 is 1.30 bits per heavy atom. The fraction of sp³-hybridized carbons (Fsp3) is 0.417. The predicted molar refractivity (Wildman–Crippen MR) is 77.0 cm³/mol. The Kier molecular flexibility index (Phi) is 4.33. The summed E-state index contributed by atoms with van der Waals surface area (Å²) >= 11 is 1.26. The third kappa shape index (κ3) is 2.79. The van der Waals surface area contributed by atoms with Crippen LogP contribution in [-0.4, -0.2) is 31.2 Å². The standard InChI is InChI=1S/C12H17N7S/c1-4-7-8(5-2)17-18-11(9(7)10(13)14)20-12-15-6(3)16-19-12/h4-5H2,1-3H3,(H3,13,14)(H,15,16,19). The molecule has 2 heterocycles. The minimum Gasteiger partial charge on any atom is -0.384 e. The van der Waals surface area contributed by atoms with E-state index in [0.29, 0.717) is 15.7 Å². The summed E-state index contributed by atoms with van der Waals surface area (Å²) in [5.74, 6) is 0.729. The Morgan fingerprint density at radius 2 is 2.05 bits per heavy atom. The van der Waals surface area contributed by atoms with Gasteiger partial charge in [0.2, 0.25) is 5.16 Å². The van der Waals surface area contributed by atoms with Crippen LogP contribution in [0.25, 0.3) is 0 Å². The van der Waals surface area contributed by atoms with Gasteiger partial charge in [0.05, 0.1) is 11.3 Å². The molecule has 20 heavy (non-hydrogen) atoms. The molecule has 0 spiro atoms. The number of nitrogens with two attached hydrogens (primary N) is 1. The van der Waals surface area contributed by atoms with Gasteiger partial charge < -0.3 is 5.73 Å². The molecule has 0 aliphatic heterocycles. The van der Waals surface area contributed by atoms with Gasteiger partial charge in [-0.3, -0.25) is 10.5 Å². The van der Waals surface area contributed by atoms with E-state index in [0.717, 1.165) is 29.9 Å². The second kappa shape index (κ2) is 6.00.